The van der Waals surface area contributed by atoms with Gasteiger partial charge in [-0.2, -0.15) is 0 Å². The standard InChI is InChI=1S/C29H37NO4/c31-28(32)12-6-2-9-21-33-29-26(30-19-7-3-8-20-30)17-18-27(29)34-22-23-13-15-25(16-14-23)24-10-4-1-5-11-24/h1-2,4-5,9-11,13-16,26-27,29H,3,6-8,12,17-22H2,(H,31,32)/b9-2-/t26-,27+,29+/m0/s1. The number of hydrogen-bond donors (Lipinski definition) is 1. The molecule has 0 amide bonds. The molecule has 2 aliphatic rings. The van der Waals surface area contributed by atoms with Crippen molar-refractivity contribution in [1.29, 1.82) is 0 Å². The summed E-state index contributed by atoms with van der Waals surface area (Å²) in [6.45, 7) is 3.38. The molecule has 34 heavy (non-hydrogen) atoms. The van der Waals surface area contributed by atoms with Crippen LogP contribution in [-0.2, 0) is 20.9 Å². The van der Waals surface area contributed by atoms with Gasteiger partial charge in [-0.15, -0.1) is 0 Å². The lowest BCUT2D eigenvalue weighted by molar-refractivity contribution is -0.136. The van der Waals surface area contributed by atoms with Gasteiger partial charge in [0.1, 0.15) is 0 Å². The Balaban J connectivity index is 1.34. The van der Waals surface area contributed by atoms with E-state index in [4.69, 9.17) is 14.6 Å². The van der Waals surface area contributed by atoms with Crippen LogP contribution in [-0.4, -0.2) is 53.9 Å². The highest BCUT2D eigenvalue weighted by atomic mass is 16.5. The van der Waals surface area contributed by atoms with Gasteiger partial charge in [-0.05, 0) is 61.9 Å². The summed E-state index contributed by atoms with van der Waals surface area (Å²) in [6, 6.07) is 19.4. The number of carboxylic acids is 1. The van der Waals surface area contributed by atoms with Crippen molar-refractivity contribution in [2.75, 3.05) is 19.7 Å². The summed E-state index contributed by atoms with van der Waals surface area (Å²) in [5.74, 6) is -0.767. The molecule has 5 heteroatoms. The summed E-state index contributed by atoms with van der Waals surface area (Å²) >= 11 is 0. The zero-order valence-corrected chi connectivity index (χ0v) is 20.0. The van der Waals surface area contributed by atoms with Gasteiger partial charge in [0.2, 0.25) is 0 Å². The molecule has 0 aromatic heterocycles. The zero-order valence-electron chi connectivity index (χ0n) is 20.0. The number of ether oxygens (including phenoxy) is 2. The lowest BCUT2D eigenvalue weighted by atomic mass is 10.0. The molecule has 0 spiro atoms. The first kappa shape index (κ1) is 24.6. The maximum atomic E-state index is 10.7. The molecule has 1 saturated carbocycles. The van der Waals surface area contributed by atoms with E-state index in [1.54, 1.807) is 0 Å². The van der Waals surface area contributed by atoms with Crippen molar-refractivity contribution in [3.63, 3.8) is 0 Å². The summed E-state index contributed by atoms with van der Waals surface area (Å²) in [6.07, 6.45) is 10.6. The Kier molecular flexibility index (Phi) is 9.31. The average Bonchev–Trinajstić information content (AvgIpc) is 3.28. The SMILES string of the molecule is O=C(O)CC/C=C\CO[C@H]1[C@H](OCc2ccc(-c3ccccc3)cc2)CC[C@@H]1N1CCCCC1. The van der Waals surface area contributed by atoms with Gasteiger partial charge < -0.3 is 14.6 Å². The summed E-state index contributed by atoms with van der Waals surface area (Å²) in [7, 11) is 0. The summed E-state index contributed by atoms with van der Waals surface area (Å²) < 4.78 is 12.8. The van der Waals surface area contributed by atoms with E-state index in [9.17, 15) is 4.79 Å². The predicted octanol–water partition coefficient (Wildman–Crippen LogP) is 5.69. The number of benzene rings is 2. The first-order chi connectivity index (χ1) is 16.7. The average molecular weight is 464 g/mol. The first-order valence-electron chi connectivity index (χ1n) is 12.7. The van der Waals surface area contributed by atoms with Crippen molar-refractivity contribution in [2.45, 2.75) is 69.8 Å². The maximum absolute atomic E-state index is 10.7. The molecule has 1 N–H and O–H groups in total. The van der Waals surface area contributed by atoms with Crippen LogP contribution >= 0.6 is 0 Å². The summed E-state index contributed by atoms with van der Waals surface area (Å²) in [5.41, 5.74) is 3.61. The molecule has 4 rings (SSSR count). The lowest BCUT2D eigenvalue weighted by Gasteiger charge is -2.36. The Morgan fingerprint density at radius 2 is 1.65 bits per heavy atom. The monoisotopic (exact) mass is 463 g/mol. The third-order valence-electron chi connectivity index (χ3n) is 6.95. The maximum Gasteiger partial charge on any atom is 0.303 e. The van der Waals surface area contributed by atoms with Crippen molar-refractivity contribution in [2.24, 2.45) is 0 Å². The predicted molar refractivity (Wildman–Crippen MR) is 135 cm³/mol. The van der Waals surface area contributed by atoms with Crippen LogP contribution in [0.3, 0.4) is 0 Å². The second kappa shape index (κ2) is 12.8. The van der Waals surface area contributed by atoms with Gasteiger partial charge in [-0.3, -0.25) is 9.69 Å². The second-order valence-corrected chi connectivity index (χ2v) is 9.36. The zero-order chi connectivity index (χ0) is 23.6. The molecule has 1 aliphatic heterocycles. The van der Waals surface area contributed by atoms with Crippen LogP contribution in [0.1, 0.15) is 50.5 Å². The second-order valence-electron chi connectivity index (χ2n) is 9.36. The number of likely N-dealkylation sites (tertiary alicyclic amines) is 1. The summed E-state index contributed by atoms with van der Waals surface area (Å²) in [4.78, 5) is 13.3. The molecular formula is C29H37NO4. The molecule has 0 unspecified atom stereocenters. The number of hydrogen-bond acceptors (Lipinski definition) is 4. The van der Waals surface area contributed by atoms with Crippen LogP contribution in [0, 0.1) is 0 Å². The largest absolute Gasteiger partial charge is 0.481 e. The lowest BCUT2D eigenvalue weighted by Crippen LogP contribution is -2.47. The van der Waals surface area contributed by atoms with E-state index in [0.717, 1.165) is 25.9 Å². The van der Waals surface area contributed by atoms with Gasteiger partial charge >= 0.3 is 5.97 Å². The van der Waals surface area contributed by atoms with E-state index in [1.807, 2.05) is 18.2 Å². The molecule has 0 radical (unpaired) electrons. The molecule has 0 bridgehead atoms. The van der Waals surface area contributed by atoms with E-state index < -0.39 is 5.97 Å². The number of piperidine rings is 1. The number of rotatable bonds is 11. The Labute approximate surface area is 203 Å². The highest BCUT2D eigenvalue weighted by molar-refractivity contribution is 5.66. The molecule has 2 aromatic rings. The first-order valence-corrected chi connectivity index (χ1v) is 12.7. The summed E-state index contributed by atoms with van der Waals surface area (Å²) in [5, 5.41) is 8.80. The van der Waals surface area contributed by atoms with Gasteiger partial charge in [0.05, 0.1) is 25.4 Å². The van der Waals surface area contributed by atoms with Crippen LogP contribution in [0.2, 0.25) is 0 Å². The van der Waals surface area contributed by atoms with Crippen LogP contribution < -0.4 is 0 Å². The number of carboxylic acid groups (broad SMARTS) is 1. The van der Waals surface area contributed by atoms with Crippen LogP contribution in [0.5, 0.6) is 0 Å². The molecule has 3 atom stereocenters. The van der Waals surface area contributed by atoms with E-state index in [-0.39, 0.29) is 18.6 Å². The van der Waals surface area contributed by atoms with Gasteiger partial charge in [0.25, 0.3) is 0 Å². The Hall–Kier alpha value is -2.47. The molecule has 5 nitrogen and oxygen atoms in total. The van der Waals surface area contributed by atoms with Crippen LogP contribution in [0.25, 0.3) is 11.1 Å². The minimum Gasteiger partial charge on any atom is -0.481 e. The molecule has 1 heterocycles. The third-order valence-corrected chi connectivity index (χ3v) is 6.95. The van der Waals surface area contributed by atoms with Gasteiger partial charge in [-0.25, -0.2) is 0 Å². The molecular weight excluding hydrogens is 426 g/mol. The molecule has 1 aliphatic carbocycles. The Morgan fingerprint density at radius 3 is 2.38 bits per heavy atom. The molecule has 182 valence electrons. The van der Waals surface area contributed by atoms with Crippen molar-refractivity contribution in [1.82, 2.24) is 4.90 Å². The Bertz CT molecular complexity index is 905. The van der Waals surface area contributed by atoms with Crippen molar-refractivity contribution in [3.05, 3.63) is 72.3 Å². The van der Waals surface area contributed by atoms with Crippen LogP contribution in [0.4, 0.5) is 0 Å². The van der Waals surface area contributed by atoms with E-state index in [2.05, 4.69) is 53.4 Å². The normalized spacial score (nSPS) is 23.5. The number of nitrogens with zero attached hydrogens (tertiary/aromatic N) is 1. The third kappa shape index (κ3) is 7.02. The molecule has 1 saturated heterocycles. The number of allylic oxidation sites excluding steroid dienone is 1. The van der Waals surface area contributed by atoms with Crippen molar-refractivity contribution in [3.8, 4) is 11.1 Å². The fourth-order valence-corrected chi connectivity index (χ4v) is 5.13. The minimum atomic E-state index is -0.767. The fourth-order valence-electron chi connectivity index (χ4n) is 5.13. The van der Waals surface area contributed by atoms with E-state index >= 15 is 0 Å². The fraction of sp³-hybridized carbons (Fsp3) is 0.483. The van der Waals surface area contributed by atoms with Crippen molar-refractivity contribution >= 4 is 5.97 Å². The van der Waals surface area contributed by atoms with E-state index in [0.29, 0.717) is 25.7 Å². The number of carbonyl (C=O) groups is 1. The smallest absolute Gasteiger partial charge is 0.303 e. The van der Waals surface area contributed by atoms with Crippen LogP contribution in [0.15, 0.2) is 66.7 Å². The highest BCUT2D eigenvalue weighted by Crippen LogP contribution is 2.32. The topological polar surface area (TPSA) is 59.0 Å². The quantitative estimate of drug-likeness (QED) is 0.434. The minimum absolute atomic E-state index is 0.0471. The van der Waals surface area contributed by atoms with Crippen molar-refractivity contribution < 1.29 is 19.4 Å². The molecule has 2 aromatic carbocycles. The Morgan fingerprint density at radius 1 is 0.912 bits per heavy atom. The van der Waals surface area contributed by atoms with E-state index in [1.165, 1.54) is 36.0 Å². The van der Waals surface area contributed by atoms with Gasteiger partial charge in [0.15, 0.2) is 0 Å². The van der Waals surface area contributed by atoms with Gasteiger partial charge in [-0.1, -0.05) is 73.2 Å². The van der Waals surface area contributed by atoms with Gasteiger partial charge in [0, 0.05) is 12.5 Å². The number of aliphatic carboxylic acids is 1. The highest BCUT2D eigenvalue weighted by Gasteiger charge is 2.41. The molecule has 2 fully saturated rings.